The number of hydrogen-bond acceptors (Lipinski definition) is 6. The second-order valence-electron chi connectivity index (χ2n) is 3.61. The third kappa shape index (κ3) is 1.60. The Bertz CT molecular complexity index is 783. The molecule has 2 radical (unpaired) electrons. The Morgan fingerprint density at radius 2 is 2.00 bits per heavy atom. The van der Waals surface area contributed by atoms with E-state index < -0.39 is 0 Å². The molecule has 0 atom stereocenters. The molecule has 18 heavy (non-hydrogen) atoms. The normalized spacial score (nSPS) is 11.2. The van der Waals surface area contributed by atoms with Crippen molar-refractivity contribution in [3.63, 3.8) is 0 Å². The maximum atomic E-state index is 11.0. The van der Waals surface area contributed by atoms with Crippen LogP contribution in [-0.4, -0.2) is 13.1 Å². The van der Waals surface area contributed by atoms with Crippen molar-refractivity contribution < 1.29 is 5.21 Å². The summed E-state index contributed by atoms with van der Waals surface area (Å²) < 4.78 is 3.38. The number of benzene rings is 1. The number of fused-ring (bicyclic) bond motifs is 3. The van der Waals surface area contributed by atoms with Gasteiger partial charge in [0.1, 0.15) is 13.5 Å². The lowest BCUT2D eigenvalue weighted by atomic mass is 10.1. The number of nitrogens with zero attached hydrogens (tertiary/aromatic N) is 1. The fraction of sp³-hybridized carbons (Fsp3) is 0. The topological polar surface area (TPSA) is 61.7 Å². The first kappa shape index (κ1) is 12.1. The van der Waals surface area contributed by atoms with Gasteiger partial charge in [-0.05, 0) is 38.0 Å². The molecule has 0 fully saturated rings. The summed E-state index contributed by atoms with van der Waals surface area (Å²) >= 11 is 6.32. The Morgan fingerprint density at radius 3 is 2.67 bits per heavy atom. The van der Waals surface area contributed by atoms with Crippen LogP contribution < -0.4 is 10.3 Å². The molecule has 0 saturated carbocycles. The molecule has 0 unspecified atom stereocenters. The predicted molar refractivity (Wildman–Crippen MR) is 81.2 cm³/mol. The highest BCUT2D eigenvalue weighted by Crippen LogP contribution is 2.47. The minimum absolute atomic E-state index is 0.194. The van der Waals surface area contributed by atoms with Crippen LogP contribution in [0.15, 0.2) is 21.1 Å². The number of halogens is 1. The molecule has 0 amide bonds. The van der Waals surface area contributed by atoms with Crippen molar-refractivity contribution >= 4 is 82.8 Å². The first-order valence-corrected chi connectivity index (χ1v) is 7.25. The molecule has 0 bridgehead atoms. The Morgan fingerprint density at radius 1 is 1.28 bits per heavy atom. The zero-order valence-electron chi connectivity index (χ0n) is 8.73. The molecular formula is C10H4BBrN2O2S2. The minimum atomic E-state index is 0.194. The molecule has 0 aliphatic heterocycles. The quantitative estimate of drug-likeness (QED) is 0.423. The summed E-state index contributed by atoms with van der Waals surface area (Å²) in [7, 11) is 5.80. The molecule has 3 rings (SSSR count). The third-order valence-electron chi connectivity index (χ3n) is 2.62. The summed E-state index contributed by atoms with van der Waals surface area (Å²) in [6, 6.07) is 3.53. The van der Waals surface area contributed by atoms with Gasteiger partial charge in [0, 0.05) is 10.8 Å². The van der Waals surface area contributed by atoms with E-state index in [-0.39, 0.29) is 5.69 Å². The molecular weight excluding hydrogens is 335 g/mol. The maximum Gasteiger partial charge on any atom is 0.142 e. The van der Waals surface area contributed by atoms with E-state index in [0.29, 0.717) is 21.2 Å². The number of nitrogens with one attached hydrogen (secondary N) is 1. The summed E-state index contributed by atoms with van der Waals surface area (Å²) in [4.78, 5) is 11.0. The number of rotatable bonds is 2. The first-order chi connectivity index (χ1) is 8.65. The minimum Gasteiger partial charge on any atom is -0.291 e. The van der Waals surface area contributed by atoms with E-state index in [2.05, 4.69) is 26.6 Å². The summed E-state index contributed by atoms with van der Waals surface area (Å²) in [5.41, 5.74) is 2.54. The van der Waals surface area contributed by atoms with Gasteiger partial charge in [0.05, 0.1) is 18.9 Å². The fourth-order valence-corrected chi connectivity index (χ4v) is 4.63. The first-order valence-electron chi connectivity index (χ1n) is 4.83. The van der Waals surface area contributed by atoms with Crippen LogP contribution in [0.25, 0.3) is 20.2 Å². The summed E-state index contributed by atoms with van der Waals surface area (Å²) in [5.74, 6) is 0. The van der Waals surface area contributed by atoms with Crippen LogP contribution in [0.4, 0.5) is 11.4 Å². The van der Waals surface area contributed by atoms with Gasteiger partial charge in [-0.3, -0.25) is 10.7 Å². The molecule has 88 valence electrons. The van der Waals surface area contributed by atoms with Gasteiger partial charge in [0.25, 0.3) is 0 Å². The van der Waals surface area contributed by atoms with E-state index in [1.165, 1.54) is 22.7 Å². The highest BCUT2D eigenvalue weighted by molar-refractivity contribution is 9.11. The molecule has 4 nitrogen and oxygen atoms in total. The van der Waals surface area contributed by atoms with Gasteiger partial charge in [-0.1, -0.05) is 0 Å². The third-order valence-corrected chi connectivity index (χ3v) is 5.39. The lowest BCUT2D eigenvalue weighted by Gasteiger charge is -2.05. The number of anilines is 1. The van der Waals surface area contributed by atoms with Crippen molar-refractivity contribution in [3.05, 3.63) is 20.8 Å². The number of nitroso groups, excluding NO2 is 1. The average molecular weight is 339 g/mol. The van der Waals surface area contributed by atoms with Crippen molar-refractivity contribution in [2.45, 2.75) is 0 Å². The van der Waals surface area contributed by atoms with Gasteiger partial charge in [0.15, 0.2) is 0 Å². The molecule has 2 N–H and O–H groups in total. The largest absolute Gasteiger partial charge is 0.291 e. The van der Waals surface area contributed by atoms with Crippen LogP contribution in [0.5, 0.6) is 0 Å². The van der Waals surface area contributed by atoms with Crippen LogP contribution in [0.1, 0.15) is 0 Å². The zero-order chi connectivity index (χ0) is 12.9. The molecule has 8 heteroatoms. The van der Waals surface area contributed by atoms with Crippen LogP contribution >= 0.6 is 38.6 Å². The highest BCUT2D eigenvalue weighted by atomic mass is 79.9. The van der Waals surface area contributed by atoms with Gasteiger partial charge < -0.3 is 0 Å². The molecule has 0 saturated heterocycles. The molecule has 0 spiro atoms. The van der Waals surface area contributed by atoms with Crippen molar-refractivity contribution in [2.75, 3.05) is 5.48 Å². The van der Waals surface area contributed by atoms with E-state index in [1.807, 2.05) is 6.07 Å². The van der Waals surface area contributed by atoms with Gasteiger partial charge in [-0.2, -0.15) is 11.3 Å². The second-order valence-corrected chi connectivity index (χ2v) is 7.13. The SMILES string of the molecule is [B]c1cc2c(NO)c(N=O)c3cc(Br)sc3c2s1. The standard InChI is InChI=1S/C10H4BBrN2O2S2/c11-5-1-3-7(13-15)8(14-16)4-2-6(12)18-10(4)9(3)17-5/h1-2,13,15H. The maximum absolute atomic E-state index is 11.0. The smallest absolute Gasteiger partial charge is 0.142 e. The number of thiophene rings is 2. The molecule has 2 heterocycles. The highest BCUT2D eigenvalue weighted by Gasteiger charge is 2.18. The molecule has 2 aromatic heterocycles. The van der Waals surface area contributed by atoms with Crippen LogP contribution in [0.3, 0.4) is 0 Å². The van der Waals surface area contributed by atoms with E-state index >= 15 is 0 Å². The van der Waals surface area contributed by atoms with Gasteiger partial charge in [-0.15, -0.1) is 16.2 Å². The lowest BCUT2D eigenvalue weighted by molar-refractivity contribution is 0.390. The van der Waals surface area contributed by atoms with Gasteiger partial charge in [-0.25, -0.2) is 0 Å². The Kier molecular flexibility index (Phi) is 2.89. The van der Waals surface area contributed by atoms with Crippen molar-refractivity contribution in [2.24, 2.45) is 5.18 Å². The summed E-state index contributed by atoms with van der Waals surface area (Å²) in [5, 5.41) is 13.7. The van der Waals surface area contributed by atoms with Gasteiger partial charge in [0.2, 0.25) is 0 Å². The van der Waals surface area contributed by atoms with Crippen molar-refractivity contribution in [1.82, 2.24) is 0 Å². The second kappa shape index (κ2) is 4.31. The van der Waals surface area contributed by atoms with E-state index in [0.717, 1.165) is 13.2 Å². The molecule has 0 aliphatic carbocycles. The zero-order valence-corrected chi connectivity index (χ0v) is 11.9. The van der Waals surface area contributed by atoms with Crippen molar-refractivity contribution in [3.8, 4) is 0 Å². The van der Waals surface area contributed by atoms with Crippen LogP contribution in [-0.2, 0) is 0 Å². The van der Waals surface area contributed by atoms with Crippen molar-refractivity contribution in [1.29, 1.82) is 0 Å². The van der Waals surface area contributed by atoms with E-state index in [9.17, 15) is 10.1 Å². The fourth-order valence-electron chi connectivity index (χ4n) is 1.94. The molecule has 3 aromatic rings. The monoisotopic (exact) mass is 338 g/mol. The Labute approximate surface area is 119 Å². The summed E-state index contributed by atoms with van der Waals surface area (Å²) in [6.07, 6.45) is 0. The Hall–Kier alpha value is -0.955. The van der Waals surface area contributed by atoms with E-state index in [4.69, 9.17) is 7.85 Å². The predicted octanol–water partition coefficient (Wildman–Crippen LogP) is 3.87. The number of hydrogen-bond donors (Lipinski definition) is 2. The van der Waals surface area contributed by atoms with Gasteiger partial charge >= 0.3 is 0 Å². The lowest BCUT2D eigenvalue weighted by Crippen LogP contribution is -1.92. The van der Waals surface area contributed by atoms with Crippen LogP contribution in [0.2, 0.25) is 0 Å². The molecule has 0 aliphatic rings. The summed E-state index contributed by atoms with van der Waals surface area (Å²) in [6.45, 7) is 0. The molecule has 1 aromatic carbocycles. The average Bonchev–Trinajstić information content (AvgIpc) is 2.89. The Balaban J connectivity index is 2.63. The van der Waals surface area contributed by atoms with Crippen LogP contribution in [0, 0.1) is 4.91 Å². The van der Waals surface area contributed by atoms with E-state index in [1.54, 1.807) is 6.07 Å².